The minimum atomic E-state index is -0.343. The Morgan fingerprint density at radius 3 is 2.65 bits per heavy atom. The molecule has 2 aromatic rings. The van der Waals surface area contributed by atoms with Crippen LogP contribution in [0.5, 0.6) is 5.75 Å². The van der Waals surface area contributed by atoms with Crippen LogP contribution in [-0.4, -0.2) is 12.5 Å². The molecule has 2 N–H and O–H groups in total. The molecule has 1 atom stereocenters. The maximum absolute atomic E-state index is 12.0. The molecule has 0 fully saturated rings. The molecule has 1 unspecified atom stereocenters. The number of nitrogens with one attached hydrogen (secondary N) is 2. The highest BCUT2D eigenvalue weighted by Crippen LogP contribution is 2.33. The molecule has 0 aromatic heterocycles. The molecule has 4 heteroatoms. The van der Waals surface area contributed by atoms with E-state index >= 15 is 0 Å². The Bertz CT molecular complexity index is 623. The van der Waals surface area contributed by atoms with E-state index in [2.05, 4.69) is 10.6 Å². The lowest BCUT2D eigenvalue weighted by molar-refractivity contribution is -0.116. The molecule has 1 aliphatic rings. The van der Waals surface area contributed by atoms with E-state index in [1.807, 2.05) is 55.5 Å². The monoisotopic (exact) mass is 268 g/mol. The molecule has 0 saturated heterocycles. The third kappa shape index (κ3) is 2.32. The zero-order chi connectivity index (χ0) is 13.9. The summed E-state index contributed by atoms with van der Waals surface area (Å²) in [5, 5.41) is 6.12. The Hall–Kier alpha value is -2.49. The van der Waals surface area contributed by atoms with Gasteiger partial charge in [-0.25, -0.2) is 0 Å². The van der Waals surface area contributed by atoms with E-state index in [4.69, 9.17) is 4.74 Å². The second kappa shape index (κ2) is 5.25. The lowest BCUT2D eigenvalue weighted by Crippen LogP contribution is -2.19. The van der Waals surface area contributed by atoms with E-state index in [1.54, 1.807) is 0 Å². The molecule has 0 bridgehead atoms. The van der Waals surface area contributed by atoms with Gasteiger partial charge in [-0.1, -0.05) is 18.2 Å². The molecule has 4 nitrogen and oxygen atoms in total. The molecule has 0 spiro atoms. The molecule has 0 aliphatic carbocycles. The Morgan fingerprint density at radius 2 is 1.90 bits per heavy atom. The number of rotatable bonds is 4. The van der Waals surface area contributed by atoms with Crippen LogP contribution < -0.4 is 15.4 Å². The number of amides is 1. The molecule has 20 heavy (non-hydrogen) atoms. The van der Waals surface area contributed by atoms with Gasteiger partial charge in [-0.2, -0.15) is 0 Å². The minimum absolute atomic E-state index is 0.0277. The molecule has 0 saturated carbocycles. The lowest BCUT2D eigenvalue weighted by Gasteiger charge is -2.13. The maximum Gasteiger partial charge on any atom is 0.251 e. The van der Waals surface area contributed by atoms with E-state index in [0.29, 0.717) is 6.61 Å². The number of anilines is 2. The quantitative estimate of drug-likeness (QED) is 0.895. The van der Waals surface area contributed by atoms with Crippen molar-refractivity contribution >= 4 is 17.3 Å². The zero-order valence-electron chi connectivity index (χ0n) is 11.2. The second-order valence-corrected chi connectivity index (χ2v) is 4.61. The molecule has 1 amide bonds. The summed E-state index contributed by atoms with van der Waals surface area (Å²) in [6.45, 7) is 2.59. The van der Waals surface area contributed by atoms with Crippen LogP contribution in [0.1, 0.15) is 18.5 Å². The van der Waals surface area contributed by atoms with Gasteiger partial charge >= 0.3 is 0 Å². The van der Waals surface area contributed by atoms with Crippen molar-refractivity contribution in [2.24, 2.45) is 0 Å². The van der Waals surface area contributed by atoms with Gasteiger partial charge in [0.05, 0.1) is 6.61 Å². The Kier molecular flexibility index (Phi) is 3.29. The first-order valence-electron chi connectivity index (χ1n) is 6.67. The predicted octanol–water partition coefficient (Wildman–Crippen LogP) is 3.19. The number of carbonyl (C=O) groups excluding carboxylic acids is 1. The van der Waals surface area contributed by atoms with Crippen molar-refractivity contribution in [3.05, 3.63) is 54.1 Å². The fraction of sp³-hybridized carbons (Fsp3) is 0.188. The summed E-state index contributed by atoms with van der Waals surface area (Å²) in [6, 6.07) is 15.0. The van der Waals surface area contributed by atoms with Gasteiger partial charge in [0.1, 0.15) is 11.8 Å². The predicted molar refractivity (Wildman–Crippen MR) is 79.0 cm³/mol. The van der Waals surface area contributed by atoms with Crippen LogP contribution in [0.25, 0.3) is 0 Å². The minimum Gasteiger partial charge on any atom is -0.494 e. The van der Waals surface area contributed by atoms with Gasteiger partial charge in [0.15, 0.2) is 0 Å². The van der Waals surface area contributed by atoms with Gasteiger partial charge in [-0.05, 0) is 37.3 Å². The summed E-state index contributed by atoms with van der Waals surface area (Å²) in [4.78, 5) is 12.0. The maximum atomic E-state index is 12.0. The molecule has 102 valence electrons. The summed E-state index contributed by atoms with van der Waals surface area (Å²) < 4.78 is 5.40. The normalized spacial score (nSPS) is 16.4. The third-order valence-corrected chi connectivity index (χ3v) is 3.27. The lowest BCUT2D eigenvalue weighted by atomic mass is 10.1. The zero-order valence-corrected chi connectivity index (χ0v) is 11.2. The van der Waals surface area contributed by atoms with Gasteiger partial charge in [-0.3, -0.25) is 4.79 Å². The summed E-state index contributed by atoms with van der Waals surface area (Å²) in [5.74, 6) is 0.800. The van der Waals surface area contributed by atoms with Crippen molar-refractivity contribution in [3.63, 3.8) is 0 Å². The molecule has 1 heterocycles. The van der Waals surface area contributed by atoms with Crippen molar-refractivity contribution in [1.82, 2.24) is 0 Å². The Labute approximate surface area is 117 Å². The highest BCUT2D eigenvalue weighted by molar-refractivity contribution is 6.04. The van der Waals surface area contributed by atoms with Crippen LogP contribution in [0.2, 0.25) is 0 Å². The SMILES string of the molecule is CCOc1ccc(NC2C(=O)Nc3ccccc32)cc1. The van der Waals surface area contributed by atoms with Crippen molar-refractivity contribution in [2.75, 3.05) is 17.2 Å². The summed E-state index contributed by atoms with van der Waals surface area (Å²) in [6.07, 6.45) is 0. The van der Waals surface area contributed by atoms with E-state index in [-0.39, 0.29) is 11.9 Å². The van der Waals surface area contributed by atoms with E-state index < -0.39 is 0 Å². The van der Waals surface area contributed by atoms with Crippen molar-refractivity contribution in [2.45, 2.75) is 13.0 Å². The first-order chi connectivity index (χ1) is 9.78. The average Bonchev–Trinajstić information content (AvgIpc) is 2.78. The van der Waals surface area contributed by atoms with Crippen LogP contribution in [0.15, 0.2) is 48.5 Å². The van der Waals surface area contributed by atoms with Crippen molar-refractivity contribution in [3.8, 4) is 5.75 Å². The number of benzene rings is 2. The number of hydrogen-bond acceptors (Lipinski definition) is 3. The van der Waals surface area contributed by atoms with Crippen LogP contribution in [-0.2, 0) is 4.79 Å². The summed E-state index contributed by atoms with van der Waals surface area (Å²) >= 11 is 0. The van der Waals surface area contributed by atoms with Crippen LogP contribution in [0.4, 0.5) is 11.4 Å². The summed E-state index contributed by atoms with van der Waals surface area (Å²) in [7, 11) is 0. The molecular formula is C16H16N2O2. The number of carbonyl (C=O) groups is 1. The van der Waals surface area contributed by atoms with Gasteiger partial charge < -0.3 is 15.4 Å². The number of ether oxygens (including phenoxy) is 1. The highest BCUT2D eigenvalue weighted by Gasteiger charge is 2.29. The molecule has 2 aromatic carbocycles. The fourth-order valence-electron chi connectivity index (χ4n) is 2.33. The smallest absolute Gasteiger partial charge is 0.251 e. The molecule has 1 aliphatic heterocycles. The fourth-order valence-corrected chi connectivity index (χ4v) is 2.33. The van der Waals surface area contributed by atoms with Crippen molar-refractivity contribution in [1.29, 1.82) is 0 Å². The second-order valence-electron chi connectivity index (χ2n) is 4.61. The first-order valence-corrected chi connectivity index (χ1v) is 6.67. The highest BCUT2D eigenvalue weighted by atomic mass is 16.5. The number of fused-ring (bicyclic) bond motifs is 1. The van der Waals surface area contributed by atoms with Gasteiger partial charge in [0, 0.05) is 16.9 Å². The topological polar surface area (TPSA) is 50.4 Å². The van der Waals surface area contributed by atoms with Crippen molar-refractivity contribution < 1.29 is 9.53 Å². The largest absolute Gasteiger partial charge is 0.494 e. The molecule has 3 rings (SSSR count). The van der Waals surface area contributed by atoms with Crippen LogP contribution in [0.3, 0.4) is 0 Å². The number of para-hydroxylation sites is 1. The first kappa shape index (κ1) is 12.5. The van der Waals surface area contributed by atoms with Crippen LogP contribution in [0, 0.1) is 0 Å². The van der Waals surface area contributed by atoms with E-state index in [1.165, 1.54) is 0 Å². The average molecular weight is 268 g/mol. The third-order valence-electron chi connectivity index (χ3n) is 3.27. The van der Waals surface area contributed by atoms with Gasteiger partial charge in [0.2, 0.25) is 0 Å². The van der Waals surface area contributed by atoms with Gasteiger partial charge in [0.25, 0.3) is 5.91 Å². The summed E-state index contributed by atoms with van der Waals surface area (Å²) in [5.41, 5.74) is 2.75. The molecule has 0 radical (unpaired) electrons. The molecular weight excluding hydrogens is 252 g/mol. The van der Waals surface area contributed by atoms with E-state index in [9.17, 15) is 4.79 Å². The standard InChI is InChI=1S/C16H16N2O2/c1-2-20-12-9-7-11(8-10-12)17-15-13-5-3-4-6-14(13)18-16(15)19/h3-10,15,17H,2H2,1H3,(H,18,19). The Morgan fingerprint density at radius 1 is 1.15 bits per heavy atom. The van der Waals surface area contributed by atoms with Gasteiger partial charge in [-0.15, -0.1) is 0 Å². The van der Waals surface area contributed by atoms with E-state index in [0.717, 1.165) is 22.7 Å². The Balaban J connectivity index is 1.79. The van der Waals surface area contributed by atoms with Crippen LogP contribution >= 0.6 is 0 Å². The number of hydrogen-bond donors (Lipinski definition) is 2.